The zero-order valence-electron chi connectivity index (χ0n) is 19.6. The Morgan fingerprint density at radius 2 is 1.95 bits per heavy atom. The predicted octanol–water partition coefficient (Wildman–Crippen LogP) is 5.07. The first-order valence-corrected chi connectivity index (χ1v) is 11.6. The molecule has 1 aliphatic carbocycles. The molecule has 2 aromatic heterocycles. The number of rotatable bonds is 3. The van der Waals surface area contributed by atoms with Crippen molar-refractivity contribution in [2.75, 3.05) is 10.6 Å². The predicted molar refractivity (Wildman–Crippen MR) is 127 cm³/mol. The van der Waals surface area contributed by atoms with Crippen LogP contribution in [0.5, 0.6) is 0 Å². The van der Waals surface area contributed by atoms with Gasteiger partial charge in [-0.3, -0.25) is 14.4 Å². The molecule has 6 rings (SSSR count). The van der Waals surface area contributed by atoms with Crippen LogP contribution in [0.4, 0.5) is 29.2 Å². The zero-order valence-corrected chi connectivity index (χ0v) is 19.6. The maximum absolute atomic E-state index is 15.4. The van der Waals surface area contributed by atoms with Gasteiger partial charge in [-0.1, -0.05) is 6.07 Å². The molecule has 0 fully saturated rings. The molecular weight excluding hydrogens is 490 g/mol. The Hall–Kier alpha value is -3.99. The minimum atomic E-state index is -4.47. The molecule has 1 unspecified atom stereocenters. The summed E-state index contributed by atoms with van der Waals surface area (Å²) in [6.45, 7) is 0.545. The second kappa shape index (κ2) is 8.27. The molecule has 1 atom stereocenters. The van der Waals surface area contributed by atoms with Crippen molar-refractivity contribution in [1.82, 2.24) is 14.8 Å². The van der Waals surface area contributed by atoms with Gasteiger partial charge in [0, 0.05) is 36.3 Å². The highest BCUT2D eigenvalue weighted by atomic mass is 19.4. The van der Waals surface area contributed by atoms with Gasteiger partial charge in [-0.2, -0.15) is 18.3 Å². The van der Waals surface area contributed by atoms with Crippen molar-refractivity contribution in [3.63, 3.8) is 0 Å². The van der Waals surface area contributed by atoms with Crippen molar-refractivity contribution in [2.45, 2.75) is 38.3 Å². The Bertz CT molecular complexity index is 1580. The fourth-order valence-electron chi connectivity index (χ4n) is 5.26. The summed E-state index contributed by atoms with van der Waals surface area (Å²) in [6.07, 6.45) is -2.12. The minimum absolute atomic E-state index is 0.195. The van der Waals surface area contributed by atoms with E-state index in [0.29, 0.717) is 40.4 Å². The van der Waals surface area contributed by atoms with Crippen LogP contribution < -0.4 is 10.6 Å². The first kappa shape index (κ1) is 23.4. The van der Waals surface area contributed by atoms with Gasteiger partial charge in [-0.15, -0.1) is 0 Å². The van der Waals surface area contributed by atoms with Crippen molar-refractivity contribution < 1.29 is 27.1 Å². The number of alkyl halides is 3. The maximum Gasteiger partial charge on any atom is 0.416 e. The smallest absolute Gasteiger partial charge is 0.383 e. The van der Waals surface area contributed by atoms with Crippen LogP contribution >= 0.6 is 0 Å². The lowest BCUT2D eigenvalue weighted by atomic mass is 10.00. The maximum atomic E-state index is 15.4. The number of pyridine rings is 1. The van der Waals surface area contributed by atoms with E-state index in [4.69, 9.17) is 10.5 Å². The average molecular weight is 511 g/mol. The zero-order chi connectivity index (χ0) is 26.1. The Morgan fingerprint density at radius 1 is 1.16 bits per heavy atom. The van der Waals surface area contributed by atoms with Crippen LogP contribution in [-0.2, 0) is 37.6 Å². The van der Waals surface area contributed by atoms with Crippen molar-refractivity contribution in [2.24, 2.45) is 7.05 Å². The van der Waals surface area contributed by atoms with Gasteiger partial charge < -0.3 is 10.5 Å². The number of hydrogen-bond donors (Lipinski definition) is 1. The van der Waals surface area contributed by atoms with E-state index in [0.717, 1.165) is 17.7 Å². The van der Waals surface area contributed by atoms with Gasteiger partial charge in [0.05, 0.1) is 35.9 Å². The van der Waals surface area contributed by atoms with E-state index < -0.39 is 29.5 Å². The van der Waals surface area contributed by atoms with E-state index in [1.54, 1.807) is 19.3 Å². The third kappa shape index (κ3) is 3.81. The molecule has 0 saturated heterocycles. The molecule has 0 bridgehead atoms. The van der Waals surface area contributed by atoms with Crippen molar-refractivity contribution >= 4 is 28.4 Å². The van der Waals surface area contributed by atoms with Crippen LogP contribution in [0.1, 0.15) is 50.6 Å². The lowest BCUT2D eigenvalue weighted by molar-refractivity contribution is -0.137. The lowest BCUT2D eigenvalue weighted by Crippen LogP contribution is -2.35. The largest absolute Gasteiger partial charge is 0.416 e. The number of amides is 1. The van der Waals surface area contributed by atoms with Gasteiger partial charge >= 0.3 is 6.18 Å². The molecule has 2 aromatic carbocycles. The molecule has 2 aliphatic rings. The highest BCUT2D eigenvalue weighted by Crippen LogP contribution is 2.42. The normalized spacial score (nSPS) is 16.7. The van der Waals surface area contributed by atoms with Gasteiger partial charge in [-0.05, 0) is 47.7 Å². The number of nitrogens with two attached hydrogens (primary N) is 1. The van der Waals surface area contributed by atoms with Crippen LogP contribution in [0.2, 0.25) is 0 Å². The number of nitrogen functional groups attached to an aromatic ring is 1. The van der Waals surface area contributed by atoms with E-state index in [1.807, 2.05) is 0 Å². The summed E-state index contributed by atoms with van der Waals surface area (Å²) in [5, 5.41) is 4.93. The van der Waals surface area contributed by atoms with Crippen molar-refractivity contribution in [3.05, 3.63) is 81.8 Å². The first-order valence-electron chi connectivity index (χ1n) is 11.6. The summed E-state index contributed by atoms with van der Waals surface area (Å²) in [5.41, 5.74) is 7.93. The fraction of sp³-hybridized carbons (Fsp3) is 0.269. The van der Waals surface area contributed by atoms with Crippen LogP contribution in [0.15, 0.2) is 42.6 Å². The number of nitrogens with zero attached hydrogens (tertiary/aromatic N) is 4. The quantitative estimate of drug-likeness (QED) is 0.388. The number of ether oxygens (including phenoxy) is 1. The molecule has 2 N–H and O–H groups in total. The van der Waals surface area contributed by atoms with Gasteiger partial charge in [-0.25, -0.2) is 9.37 Å². The second-order valence-corrected chi connectivity index (χ2v) is 9.28. The Balaban J connectivity index is 1.47. The molecular formula is C26H21F4N5O2. The standard InChI is InChI=1S/C26H21F4N5O2/c1-34-7-6-23(33-34)35(22-5-2-13-8-14(26(28,29)30)3-4-15(13)22)25(36)17-9-16-18-11-37-12-19(18)24(31)32-21(16)10-20(17)27/h3-4,6-10,22H,2,5,11-12H2,1H3,(H2,31,32). The highest BCUT2D eigenvalue weighted by Gasteiger charge is 2.38. The summed E-state index contributed by atoms with van der Waals surface area (Å²) in [7, 11) is 1.68. The van der Waals surface area contributed by atoms with Crippen molar-refractivity contribution in [1.29, 1.82) is 0 Å². The number of aromatic nitrogens is 3. The van der Waals surface area contributed by atoms with E-state index in [-0.39, 0.29) is 30.4 Å². The number of anilines is 2. The van der Waals surface area contributed by atoms with Crippen LogP contribution in [-0.4, -0.2) is 20.7 Å². The van der Waals surface area contributed by atoms with Crippen LogP contribution in [0, 0.1) is 5.82 Å². The van der Waals surface area contributed by atoms with E-state index in [9.17, 15) is 18.0 Å². The highest BCUT2D eigenvalue weighted by molar-refractivity contribution is 6.08. The molecule has 190 valence electrons. The first-order chi connectivity index (χ1) is 17.6. The number of carbonyl (C=O) groups excluding carboxylic acids is 1. The lowest BCUT2D eigenvalue weighted by Gasteiger charge is -2.28. The Labute approximate surface area is 208 Å². The topological polar surface area (TPSA) is 86.3 Å². The van der Waals surface area contributed by atoms with Crippen LogP contribution in [0.3, 0.4) is 0 Å². The van der Waals surface area contributed by atoms with Gasteiger partial charge in [0.1, 0.15) is 11.6 Å². The van der Waals surface area contributed by atoms with Crippen LogP contribution in [0.25, 0.3) is 10.9 Å². The molecule has 1 amide bonds. The molecule has 0 saturated carbocycles. The molecule has 3 heterocycles. The number of hydrogen-bond acceptors (Lipinski definition) is 5. The summed E-state index contributed by atoms with van der Waals surface area (Å²) >= 11 is 0. The summed E-state index contributed by atoms with van der Waals surface area (Å²) < 4.78 is 62.2. The fourth-order valence-corrected chi connectivity index (χ4v) is 5.26. The Morgan fingerprint density at radius 3 is 2.68 bits per heavy atom. The van der Waals surface area contributed by atoms with Crippen molar-refractivity contribution in [3.8, 4) is 0 Å². The number of halogens is 4. The third-order valence-electron chi connectivity index (χ3n) is 7.04. The van der Waals surface area contributed by atoms with E-state index >= 15 is 4.39 Å². The minimum Gasteiger partial charge on any atom is -0.383 e. The van der Waals surface area contributed by atoms with E-state index in [2.05, 4.69) is 10.1 Å². The molecule has 37 heavy (non-hydrogen) atoms. The molecule has 0 spiro atoms. The number of fused-ring (bicyclic) bond motifs is 4. The number of carbonyl (C=O) groups is 1. The number of benzene rings is 2. The molecule has 7 nitrogen and oxygen atoms in total. The Kier molecular flexibility index (Phi) is 5.23. The average Bonchev–Trinajstić information content (AvgIpc) is 3.59. The van der Waals surface area contributed by atoms with Gasteiger partial charge in [0.2, 0.25) is 0 Å². The van der Waals surface area contributed by atoms with Gasteiger partial charge in [0.15, 0.2) is 5.82 Å². The SMILES string of the molecule is Cn1ccc(N(C(=O)c2cc3c4c(c(N)nc3cc2F)COC4)C2CCc3cc(C(F)(F)F)ccc32)n1. The molecule has 4 aromatic rings. The third-order valence-corrected chi connectivity index (χ3v) is 7.04. The number of aryl methyl sites for hydroxylation is 2. The monoisotopic (exact) mass is 511 g/mol. The second-order valence-electron chi connectivity index (χ2n) is 9.28. The summed E-state index contributed by atoms with van der Waals surface area (Å²) in [4.78, 5) is 19.6. The molecule has 1 aliphatic heterocycles. The molecule has 11 heteroatoms. The summed E-state index contributed by atoms with van der Waals surface area (Å²) in [6, 6.07) is 7.14. The van der Waals surface area contributed by atoms with E-state index in [1.165, 1.54) is 27.8 Å². The van der Waals surface area contributed by atoms with Gasteiger partial charge in [0.25, 0.3) is 5.91 Å². The molecule has 0 radical (unpaired) electrons. The summed E-state index contributed by atoms with van der Waals surface area (Å²) in [5.74, 6) is -0.904.